The zero-order valence-electron chi connectivity index (χ0n) is 14.6. The minimum Gasteiger partial charge on any atom is -0.497 e. The van der Waals surface area contributed by atoms with Crippen LogP contribution in [0.15, 0.2) is 47.3 Å². The van der Waals surface area contributed by atoms with Crippen LogP contribution in [0, 0.1) is 11.8 Å². The third kappa shape index (κ3) is 3.28. The normalized spacial score (nSPS) is 10.1. The number of methoxy groups -OCH3 is 2. The number of esters is 1. The van der Waals surface area contributed by atoms with Crippen molar-refractivity contribution in [2.75, 3.05) is 14.2 Å². The summed E-state index contributed by atoms with van der Waals surface area (Å²) in [7, 11) is 4.56. The van der Waals surface area contributed by atoms with Crippen LogP contribution in [0.1, 0.15) is 21.6 Å². The van der Waals surface area contributed by atoms with Gasteiger partial charge in [-0.2, -0.15) is 0 Å². The van der Waals surface area contributed by atoms with Gasteiger partial charge in [-0.05, 0) is 42.3 Å². The van der Waals surface area contributed by atoms with E-state index < -0.39 is 5.97 Å². The Kier molecular flexibility index (Phi) is 4.72. The van der Waals surface area contributed by atoms with Crippen LogP contribution in [0.25, 0.3) is 11.0 Å². The van der Waals surface area contributed by atoms with Crippen molar-refractivity contribution in [2.24, 2.45) is 7.05 Å². The van der Waals surface area contributed by atoms with E-state index in [9.17, 15) is 9.59 Å². The molecule has 0 atom stereocenters. The summed E-state index contributed by atoms with van der Waals surface area (Å²) in [6.45, 7) is 0. The Hall–Kier alpha value is -3.59. The molecule has 6 heteroatoms. The van der Waals surface area contributed by atoms with Crippen LogP contribution >= 0.6 is 0 Å². The molecule has 0 N–H and O–H groups in total. The number of fused-ring (bicyclic) bond motifs is 1. The fraction of sp³-hybridized carbons (Fsp3) is 0.150. The molecule has 1 aromatic heterocycles. The van der Waals surface area contributed by atoms with Crippen LogP contribution in [-0.4, -0.2) is 29.7 Å². The molecular formula is C20H16N2O4. The Morgan fingerprint density at radius 2 is 1.81 bits per heavy atom. The SMILES string of the molecule is COC(=O)c1ccc(C#Cc2nc3ccc(OC)cc3n(C)c2=O)cc1. The lowest BCUT2D eigenvalue weighted by Crippen LogP contribution is -2.21. The summed E-state index contributed by atoms with van der Waals surface area (Å²) >= 11 is 0. The predicted molar refractivity (Wildman–Crippen MR) is 97.3 cm³/mol. The third-order valence-electron chi connectivity index (χ3n) is 3.91. The van der Waals surface area contributed by atoms with Crippen molar-refractivity contribution in [1.82, 2.24) is 9.55 Å². The molecule has 130 valence electrons. The molecule has 3 rings (SSSR count). The van der Waals surface area contributed by atoms with Gasteiger partial charge in [-0.3, -0.25) is 4.79 Å². The highest BCUT2D eigenvalue weighted by molar-refractivity contribution is 5.89. The van der Waals surface area contributed by atoms with Crippen molar-refractivity contribution in [3.63, 3.8) is 0 Å². The number of hydrogen-bond acceptors (Lipinski definition) is 5. The molecule has 0 saturated carbocycles. The molecule has 6 nitrogen and oxygen atoms in total. The molecule has 0 aliphatic heterocycles. The maximum absolute atomic E-state index is 12.5. The van der Waals surface area contributed by atoms with Gasteiger partial charge >= 0.3 is 5.97 Å². The van der Waals surface area contributed by atoms with Gasteiger partial charge in [-0.25, -0.2) is 9.78 Å². The molecule has 0 bridgehead atoms. The first-order valence-electron chi connectivity index (χ1n) is 7.78. The van der Waals surface area contributed by atoms with Crippen LogP contribution in [0.2, 0.25) is 0 Å². The molecule has 26 heavy (non-hydrogen) atoms. The van der Waals surface area contributed by atoms with Crippen molar-refractivity contribution in [3.05, 3.63) is 69.6 Å². The molecule has 2 aromatic carbocycles. The van der Waals surface area contributed by atoms with Gasteiger partial charge < -0.3 is 14.0 Å². The summed E-state index contributed by atoms with van der Waals surface area (Å²) < 4.78 is 11.3. The highest BCUT2D eigenvalue weighted by atomic mass is 16.5. The molecule has 0 aliphatic rings. The third-order valence-corrected chi connectivity index (χ3v) is 3.91. The summed E-state index contributed by atoms with van der Waals surface area (Å²) in [5.41, 5.74) is 2.29. The van der Waals surface area contributed by atoms with Crippen LogP contribution in [0.5, 0.6) is 5.75 Å². The summed E-state index contributed by atoms with van der Waals surface area (Å²) in [5, 5.41) is 0. The lowest BCUT2D eigenvalue weighted by molar-refractivity contribution is 0.0600. The van der Waals surface area contributed by atoms with Gasteiger partial charge in [0, 0.05) is 18.7 Å². The van der Waals surface area contributed by atoms with Crippen molar-refractivity contribution >= 4 is 17.0 Å². The Morgan fingerprint density at radius 1 is 1.08 bits per heavy atom. The number of benzene rings is 2. The minimum atomic E-state index is -0.412. The second kappa shape index (κ2) is 7.11. The molecule has 0 amide bonds. The first kappa shape index (κ1) is 17.2. The van der Waals surface area contributed by atoms with Gasteiger partial charge in [-0.1, -0.05) is 5.92 Å². The topological polar surface area (TPSA) is 70.4 Å². The standard InChI is InChI=1S/C20H16N2O4/c1-22-18-12-15(25-2)9-11-16(18)21-17(19(22)23)10-6-13-4-7-14(8-5-13)20(24)26-3/h4-5,7-9,11-12H,1-3H3. The van der Waals surface area contributed by atoms with Gasteiger partial charge in [0.25, 0.3) is 5.56 Å². The van der Waals surface area contributed by atoms with E-state index in [1.165, 1.54) is 11.7 Å². The monoisotopic (exact) mass is 348 g/mol. The highest BCUT2D eigenvalue weighted by Crippen LogP contribution is 2.17. The van der Waals surface area contributed by atoms with Crippen LogP contribution < -0.4 is 10.3 Å². The zero-order chi connectivity index (χ0) is 18.7. The van der Waals surface area contributed by atoms with Crippen LogP contribution in [0.3, 0.4) is 0 Å². The molecule has 0 radical (unpaired) electrons. The van der Waals surface area contributed by atoms with Gasteiger partial charge in [0.05, 0.1) is 30.8 Å². The maximum Gasteiger partial charge on any atom is 0.337 e. The molecule has 3 aromatic rings. The number of aryl methyl sites for hydroxylation is 1. The fourth-order valence-corrected chi connectivity index (χ4v) is 2.45. The maximum atomic E-state index is 12.5. The first-order valence-corrected chi connectivity index (χ1v) is 7.78. The summed E-state index contributed by atoms with van der Waals surface area (Å²) in [5.74, 6) is 5.95. The summed E-state index contributed by atoms with van der Waals surface area (Å²) in [6.07, 6.45) is 0. The lowest BCUT2D eigenvalue weighted by Gasteiger charge is -2.07. The van der Waals surface area contributed by atoms with Crippen LogP contribution in [0.4, 0.5) is 0 Å². The van der Waals surface area contributed by atoms with Gasteiger partial charge in [0.15, 0.2) is 5.69 Å². The van der Waals surface area contributed by atoms with E-state index in [2.05, 4.69) is 21.6 Å². The Bertz CT molecular complexity index is 1100. The molecule has 0 spiro atoms. The molecule has 0 unspecified atom stereocenters. The Labute approximate surface area is 150 Å². The largest absolute Gasteiger partial charge is 0.497 e. The molecule has 0 saturated heterocycles. The fourth-order valence-electron chi connectivity index (χ4n) is 2.45. The van der Waals surface area contributed by atoms with Gasteiger partial charge in [0.1, 0.15) is 5.75 Å². The second-order valence-electron chi connectivity index (χ2n) is 5.50. The minimum absolute atomic E-state index is 0.155. The van der Waals surface area contributed by atoms with Crippen molar-refractivity contribution in [2.45, 2.75) is 0 Å². The molecule has 0 aliphatic carbocycles. The second-order valence-corrected chi connectivity index (χ2v) is 5.50. The van der Waals surface area contributed by atoms with E-state index in [1.54, 1.807) is 56.6 Å². The number of carbonyl (C=O) groups excluding carboxylic acids is 1. The number of nitrogens with zero attached hydrogens (tertiary/aromatic N) is 2. The first-order chi connectivity index (χ1) is 12.5. The average Bonchev–Trinajstić information content (AvgIpc) is 2.69. The molecule has 0 fully saturated rings. The predicted octanol–water partition coefficient (Wildman–Crippen LogP) is 2.13. The number of ether oxygens (including phenoxy) is 2. The van der Waals surface area contributed by atoms with Gasteiger partial charge in [-0.15, -0.1) is 0 Å². The zero-order valence-corrected chi connectivity index (χ0v) is 14.6. The number of aromatic nitrogens is 2. The lowest BCUT2D eigenvalue weighted by atomic mass is 10.1. The van der Waals surface area contributed by atoms with E-state index in [4.69, 9.17) is 4.74 Å². The quantitative estimate of drug-likeness (QED) is 0.524. The van der Waals surface area contributed by atoms with E-state index in [0.29, 0.717) is 27.9 Å². The van der Waals surface area contributed by atoms with Crippen LogP contribution in [-0.2, 0) is 11.8 Å². The van der Waals surface area contributed by atoms with E-state index in [1.807, 2.05) is 0 Å². The molecule has 1 heterocycles. The number of rotatable bonds is 2. The number of hydrogen-bond donors (Lipinski definition) is 0. The summed E-state index contributed by atoms with van der Waals surface area (Å²) in [6, 6.07) is 11.9. The summed E-state index contributed by atoms with van der Waals surface area (Å²) in [4.78, 5) is 28.3. The van der Waals surface area contributed by atoms with Gasteiger partial charge in [0.2, 0.25) is 0 Å². The van der Waals surface area contributed by atoms with Crippen molar-refractivity contribution < 1.29 is 14.3 Å². The average molecular weight is 348 g/mol. The highest BCUT2D eigenvalue weighted by Gasteiger charge is 2.08. The smallest absolute Gasteiger partial charge is 0.337 e. The Morgan fingerprint density at radius 3 is 2.46 bits per heavy atom. The van der Waals surface area contributed by atoms with E-state index in [-0.39, 0.29) is 11.3 Å². The van der Waals surface area contributed by atoms with E-state index in [0.717, 1.165) is 0 Å². The van der Waals surface area contributed by atoms with Crippen molar-refractivity contribution in [1.29, 1.82) is 0 Å². The Balaban J connectivity index is 2.00. The number of carbonyl (C=O) groups is 1. The van der Waals surface area contributed by atoms with E-state index >= 15 is 0 Å². The molecular weight excluding hydrogens is 332 g/mol. The van der Waals surface area contributed by atoms with Crippen molar-refractivity contribution in [3.8, 4) is 17.6 Å².